The van der Waals surface area contributed by atoms with Crippen molar-refractivity contribution in [2.75, 3.05) is 26.5 Å². The molecule has 0 bridgehead atoms. The standard InChI is InChI=1S/C26H25N4O2.U/c1-17(32-4)29-24-12-11-19(13-22(24)26(31)30(2)3)20-14-21-23(16-28-25(21)27-15-20)18-9-7-5-6-8-10-18;/h5,7-9,11-16,29H,1,6H2,2-4H3,(H,27,28);/q-1;. The molecule has 0 unspecified atom stereocenters. The fourth-order valence-corrected chi connectivity index (χ4v) is 3.53. The Labute approximate surface area is 217 Å². The fourth-order valence-electron chi connectivity index (χ4n) is 3.53. The molecule has 0 radical (unpaired) electrons. The van der Waals surface area contributed by atoms with E-state index in [2.05, 4.69) is 46.2 Å². The molecule has 0 atom stereocenters. The van der Waals surface area contributed by atoms with Gasteiger partial charge in [-0.15, -0.1) is 17.7 Å². The number of hydrogen-bond donors (Lipinski definition) is 2. The van der Waals surface area contributed by atoms with Gasteiger partial charge in [-0.3, -0.25) is 4.79 Å². The molecule has 166 valence electrons. The number of anilines is 1. The minimum absolute atomic E-state index is 0. The van der Waals surface area contributed by atoms with E-state index in [0.29, 0.717) is 17.1 Å². The first-order valence-electron chi connectivity index (χ1n) is 10.3. The third-order valence-electron chi connectivity index (χ3n) is 5.24. The van der Waals surface area contributed by atoms with E-state index in [1.807, 2.05) is 42.7 Å². The first kappa shape index (κ1) is 24.6. The summed E-state index contributed by atoms with van der Waals surface area (Å²) in [5.41, 5.74) is 5.80. The number of aromatic nitrogens is 2. The van der Waals surface area contributed by atoms with Crippen molar-refractivity contribution in [2.24, 2.45) is 0 Å². The topological polar surface area (TPSA) is 70.2 Å². The zero-order valence-corrected chi connectivity index (χ0v) is 23.1. The van der Waals surface area contributed by atoms with Gasteiger partial charge >= 0.3 is 0 Å². The van der Waals surface area contributed by atoms with Crippen molar-refractivity contribution in [1.29, 1.82) is 0 Å². The maximum atomic E-state index is 12.9. The van der Waals surface area contributed by atoms with Gasteiger partial charge in [0, 0.05) is 51.4 Å². The van der Waals surface area contributed by atoms with Gasteiger partial charge in [-0.05, 0) is 47.8 Å². The van der Waals surface area contributed by atoms with Crippen molar-refractivity contribution < 1.29 is 40.6 Å². The number of allylic oxidation sites excluding steroid dienone is 6. The van der Waals surface area contributed by atoms with Gasteiger partial charge in [0.2, 0.25) is 0 Å². The van der Waals surface area contributed by atoms with Gasteiger partial charge in [-0.2, -0.15) is 17.7 Å². The molecule has 0 spiro atoms. The number of pyridine rings is 1. The Hall–Kier alpha value is -3.01. The molecule has 2 N–H and O–H groups in total. The molecule has 33 heavy (non-hydrogen) atoms. The second-order valence-corrected chi connectivity index (χ2v) is 7.63. The predicted molar refractivity (Wildman–Crippen MR) is 129 cm³/mol. The molecule has 6 nitrogen and oxygen atoms in total. The molecule has 1 aliphatic rings. The summed E-state index contributed by atoms with van der Waals surface area (Å²) in [6.45, 7) is 3.79. The first-order valence-corrected chi connectivity index (χ1v) is 10.3. The molecule has 3 aromatic rings. The predicted octanol–water partition coefficient (Wildman–Crippen LogP) is 5.16. The monoisotopic (exact) mass is 663 g/mol. The summed E-state index contributed by atoms with van der Waals surface area (Å²) >= 11 is 0. The molecule has 0 saturated carbocycles. The van der Waals surface area contributed by atoms with Crippen LogP contribution in [0.5, 0.6) is 0 Å². The van der Waals surface area contributed by atoms with Crippen LogP contribution in [0.4, 0.5) is 5.69 Å². The van der Waals surface area contributed by atoms with Gasteiger partial charge in [0.25, 0.3) is 5.91 Å². The largest absolute Gasteiger partial charge is 0.483 e. The Balaban J connectivity index is 0.00000306. The first-order chi connectivity index (χ1) is 15.5. The number of amides is 1. The van der Waals surface area contributed by atoms with Crippen LogP contribution in [0.15, 0.2) is 73.4 Å². The average molecular weight is 664 g/mol. The quantitative estimate of drug-likeness (QED) is 0.283. The van der Waals surface area contributed by atoms with E-state index in [4.69, 9.17) is 4.74 Å². The Morgan fingerprint density at radius 3 is 2.85 bits per heavy atom. The molecule has 1 amide bonds. The van der Waals surface area contributed by atoms with Gasteiger partial charge in [-0.1, -0.05) is 18.2 Å². The summed E-state index contributed by atoms with van der Waals surface area (Å²) in [5.74, 6) is 0.241. The Kier molecular flexibility index (Phi) is 8.02. The number of benzene rings is 1. The van der Waals surface area contributed by atoms with Gasteiger partial charge in [-0.25, -0.2) is 4.98 Å². The van der Waals surface area contributed by atoms with Gasteiger partial charge in [0.05, 0.1) is 18.4 Å². The minimum Gasteiger partial charge on any atom is -0.483 e. The van der Waals surface area contributed by atoms with Gasteiger partial charge in [0.1, 0.15) is 5.65 Å². The molecule has 7 heteroatoms. The smallest absolute Gasteiger partial charge is 0.255 e. The molecule has 2 aromatic heterocycles. The molecule has 0 aliphatic heterocycles. The van der Waals surface area contributed by atoms with Crippen molar-refractivity contribution in [2.45, 2.75) is 6.42 Å². The van der Waals surface area contributed by atoms with Gasteiger partial charge in [0.15, 0.2) is 5.88 Å². The van der Waals surface area contributed by atoms with Crippen LogP contribution in [0.3, 0.4) is 0 Å². The van der Waals surface area contributed by atoms with Crippen molar-refractivity contribution in [3.63, 3.8) is 0 Å². The Morgan fingerprint density at radius 2 is 2.09 bits per heavy atom. The number of rotatable bonds is 6. The second-order valence-electron chi connectivity index (χ2n) is 7.63. The Bertz CT molecular complexity index is 1280. The van der Waals surface area contributed by atoms with Crippen LogP contribution in [-0.2, 0) is 4.74 Å². The third-order valence-corrected chi connectivity index (χ3v) is 5.24. The van der Waals surface area contributed by atoms with E-state index < -0.39 is 0 Å². The molecule has 1 aliphatic carbocycles. The number of hydrogen-bond acceptors (Lipinski definition) is 4. The fraction of sp³-hybridized carbons (Fsp3) is 0.154. The molecule has 0 saturated heterocycles. The van der Waals surface area contributed by atoms with Crippen LogP contribution in [-0.4, -0.2) is 42.0 Å². The molecule has 4 rings (SSSR count). The summed E-state index contributed by atoms with van der Waals surface area (Å²) < 4.78 is 5.12. The van der Waals surface area contributed by atoms with E-state index in [1.165, 1.54) is 7.11 Å². The van der Waals surface area contributed by atoms with E-state index >= 15 is 0 Å². The normalized spacial score (nSPS) is 12.5. The van der Waals surface area contributed by atoms with Crippen LogP contribution >= 0.6 is 0 Å². The third kappa shape index (κ3) is 5.32. The van der Waals surface area contributed by atoms with E-state index in [9.17, 15) is 4.79 Å². The van der Waals surface area contributed by atoms with E-state index in [1.54, 1.807) is 19.0 Å². The number of methoxy groups -OCH3 is 1. The van der Waals surface area contributed by atoms with Crippen LogP contribution in [0.25, 0.3) is 27.7 Å². The number of ether oxygens (including phenoxy) is 1. The maximum Gasteiger partial charge on any atom is 0.255 e. The molecule has 1 aromatic carbocycles. The molecule has 0 fully saturated rings. The van der Waals surface area contributed by atoms with Crippen molar-refractivity contribution >= 4 is 28.2 Å². The summed E-state index contributed by atoms with van der Waals surface area (Å²) in [6.07, 6.45) is 16.2. The second kappa shape index (κ2) is 10.7. The number of aromatic amines is 1. The molecule has 2 heterocycles. The Morgan fingerprint density at radius 1 is 1.27 bits per heavy atom. The van der Waals surface area contributed by atoms with Crippen LogP contribution < -0.4 is 5.32 Å². The van der Waals surface area contributed by atoms with E-state index in [0.717, 1.165) is 39.7 Å². The molecular weight excluding hydrogens is 638 g/mol. The number of H-pyrrole nitrogens is 1. The van der Waals surface area contributed by atoms with Crippen molar-refractivity contribution in [3.8, 4) is 11.1 Å². The summed E-state index contributed by atoms with van der Waals surface area (Å²) in [7, 11) is 4.98. The van der Waals surface area contributed by atoms with Crippen LogP contribution in [0, 0.1) is 37.2 Å². The minimum atomic E-state index is -0.121. The summed E-state index contributed by atoms with van der Waals surface area (Å²) in [6, 6.07) is 7.76. The average Bonchev–Trinajstić information content (AvgIpc) is 3.03. The zero-order chi connectivity index (χ0) is 22.7. The molecular formula is C26H25N4O2U-. The number of nitrogens with one attached hydrogen (secondary N) is 2. The van der Waals surface area contributed by atoms with E-state index in [-0.39, 0.29) is 37.0 Å². The summed E-state index contributed by atoms with van der Waals surface area (Å²) in [5, 5.41) is 4.05. The zero-order valence-electron chi connectivity index (χ0n) is 18.9. The summed E-state index contributed by atoms with van der Waals surface area (Å²) in [4.78, 5) is 22.2. The number of carbonyl (C=O) groups is 1. The SMILES string of the molecule is C=C(Nc1ccc(-c2cnc3[nH]cc(C4=CC=CCC=[C-]4)c3c2)cc1C(=O)N(C)C)OC.[U]. The van der Waals surface area contributed by atoms with Crippen LogP contribution in [0.1, 0.15) is 22.3 Å². The number of carbonyl (C=O) groups excluding carboxylic acids is 1. The van der Waals surface area contributed by atoms with Crippen LogP contribution in [0.2, 0.25) is 0 Å². The van der Waals surface area contributed by atoms with Crippen molar-refractivity contribution in [3.05, 3.63) is 90.6 Å². The van der Waals surface area contributed by atoms with Gasteiger partial charge < -0.3 is 19.9 Å². The number of nitrogens with zero attached hydrogens (tertiary/aromatic N) is 2. The maximum absolute atomic E-state index is 12.9. The number of fused-ring (bicyclic) bond motifs is 1. The van der Waals surface area contributed by atoms with Crippen molar-refractivity contribution in [1.82, 2.24) is 14.9 Å².